The number of nitrogen functional groups attached to an aromatic ring is 1. The van der Waals surface area contributed by atoms with Crippen molar-refractivity contribution >= 4 is 27.5 Å². The van der Waals surface area contributed by atoms with E-state index in [9.17, 15) is 4.79 Å². The molecule has 94 valence electrons. The van der Waals surface area contributed by atoms with Crippen molar-refractivity contribution in [3.05, 3.63) is 52.4 Å². The van der Waals surface area contributed by atoms with Crippen molar-refractivity contribution in [1.29, 1.82) is 0 Å². The Labute approximate surface area is 114 Å². The van der Waals surface area contributed by atoms with Crippen LogP contribution in [0.25, 0.3) is 0 Å². The molecule has 2 aromatic rings. The Morgan fingerprint density at radius 1 is 1.44 bits per heavy atom. The third-order valence-electron chi connectivity index (χ3n) is 2.56. The fraction of sp³-hybridized carbons (Fsp3) is 0.154. The Morgan fingerprint density at radius 3 is 2.83 bits per heavy atom. The van der Waals surface area contributed by atoms with Crippen molar-refractivity contribution in [2.75, 3.05) is 12.8 Å². The second-order valence-corrected chi connectivity index (χ2v) is 4.89. The van der Waals surface area contributed by atoms with E-state index in [0.29, 0.717) is 17.8 Å². The summed E-state index contributed by atoms with van der Waals surface area (Å²) in [6, 6.07) is 8.84. The Kier molecular flexibility index (Phi) is 3.72. The summed E-state index contributed by atoms with van der Waals surface area (Å²) in [6.45, 7) is 0.418. The first kappa shape index (κ1) is 12.7. The van der Waals surface area contributed by atoms with Gasteiger partial charge in [-0.1, -0.05) is 15.9 Å². The molecular weight excluding hydrogens is 296 g/mol. The van der Waals surface area contributed by atoms with Gasteiger partial charge >= 0.3 is 0 Å². The Morgan fingerprint density at radius 2 is 2.22 bits per heavy atom. The minimum Gasteiger partial charge on any atom is -0.467 e. The van der Waals surface area contributed by atoms with Crippen LogP contribution >= 0.6 is 15.9 Å². The van der Waals surface area contributed by atoms with Gasteiger partial charge in [0.25, 0.3) is 5.91 Å². The predicted octanol–water partition coefficient (Wildman–Crippen LogP) is 2.90. The normalized spacial score (nSPS) is 10.3. The zero-order valence-electron chi connectivity index (χ0n) is 9.89. The molecule has 0 radical (unpaired) electrons. The monoisotopic (exact) mass is 308 g/mol. The molecule has 1 amide bonds. The van der Waals surface area contributed by atoms with E-state index in [0.717, 1.165) is 10.2 Å². The maximum atomic E-state index is 12.2. The molecule has 0 fully saturated rings. The molecule has 0 aliphatic heterocycles. The minimum atomic E-state index is -0.128. The third-order valence-corrected chi connectivity index (χ3v) is 3.06. The van der Waals surface area contributed by atoms with Gasteiger partial charge < -0.3 is 15.1 Å². The fourth-order valence-corrected chi connectivity index (χ4v) is 2.02. The highest BCUT2D eigenvalue weighted by Gasteiger charge is 2.15. The van der Waals surface area contributed by atoms with E-state index < -0.39 is 0 Å². The zero-order chi connectivity index (χ0) is 13.1. The first-order valence-electron chi connectivity index (χ1n) is 5.41. The number of carbonyl (C=O) groups is 1. The highest BCUT2D eigenvalue weighted by Crippen LogP contribution is 2.20. The van der Waals surface area contributed by atoms with Gasteiger partial charge in [-0.2, -0.15) is 0 Å². The topological polar surface area (TPSA) is 59.5 Å². The van der Waals surface area contributed by atoms with Gasteiger partial charge in [0, 0.05) is 17.2 Å². The van der Waals surface area contributed by atoms with E-state index in [1.54, 1.807) is 42.5 Å². The van der Waals surface area contributed by atoms with Crippen LogP contribution in [0.1, 0.15) is 16.1 Å². The van der Waals surface area contributed by atoms with Gasteiger partial charge in [0.1, 0.15) is 5.76 Å². The van der Waals surface area contributed by atoms with E-state index in [4.69, 9.17) is 10.2 Å². The molecule has 0 saturated heterocycles. The Hall–Kier alpha value is -1.75. The van der Waals surface area contributed by atoms with Crippen LogP contribution in [0.4, 0.5) is 5.69 Å². The molecule has 2 rings (SSSR count). The molecule has 1 heterocycles. The van der Waals surface area contributed by atoms with Crippen LogP contribution in [0.2, 0.25) is 0 Å². The minimum absolute atomic E-state index is 0.128. The lowest BCUT2D eigenvalue weighted by molar-refractivity contribution is 0.0776. The molecule has 0 spiro atoms. The lowest BCUT2D eigenvalue weighted by Crippen LogP contribution is -2.26. The largest absolute Gasteiger partial charge is 0.467 e. The first-order valence-corrected chi connectivity index (χ1v) is 6.20. The summed E-state index contributed by atoms with van der Waals surface area (Å²) in [5, 5.41) is 0. The Balaban J connectivity index is 2.15. The number of hydrogen-bond donors (Lipinski definition) is 1. The summed E-state index contributed by atoms with van der Waals surface area (Å²) in [5.41, 5.74) is 6.78. The molecule has 1 aromatic carbocycles. The van der Waals surface area contributed by atoms with Gasteiger partial charge in [0.15, 0.2) is 0 Å². The smallest absolute Gasteiger partial charge is 0.256 e. The quantitative estimate of drug-likeness (QED) is 0.887. The molecule has 0 aliphatic carbocycles. The molecular formula is C13H13BrN2O2. The molecule has 5 heteroatoms. The van der Waals surface area contributed by atoms with E-state index >= 15 is 0 Å². The van der Waals surface area contributed by atoms with Gasteiger partial charge in [-0.15, -0.1) is 0 Å². The van der Waals surface area contributed by atoms with Gasteiger partial charge in [-0.3, -0.25) is 4.79 Å². The van der Waals surface area contributed by atoms with Gasteiger partial charge in [0.05, 0.1) is 18.4 Å². The fourth-order valence-electron chi connectivity index (χ4n) is 1.64. The third kappa shape index (κ3) is 2.73. The summed E-state index contributed by atoms with van der Waals surface area (Å²) < 4.78 is 6.06. The number of amides is 1. The van der Waals surface area contributed by atoms with Crippen LogP contribution in [0.3, 0.4) is 0 Å². The highest BCUT2D eigenvalue weighted by molar-refractivity contribution is 9.10. The number of nitrogens with zero attached hydrogens (tertiary/aromatic N) is 1. The van der Waals surface area contributed by atoms with E-state index in [2.05, 4.69) is 15.9 Å². The van der Waals surface area contributed by atoms with Crippen LogP contribution in [-0.2, 0) is 6.54 Å². The molecule has 0 atom stereocenters. The number of nitrogens with two attached hydrogens (primary N) is 1. The van der Waals surface area contributed by atoms with Crippen molar-refractivity contribution < 1.29 is 9.21 Å². The highest BCUT2D eigenvalue weighted by atomic mass is 79.9. The van der Waals surface area contributed by atoms with Crippen LogP contribution in [0.15, 0.2) is 45.5 Å². The number of carbonyl (C=O) groups excluding carboxylic acids is 1. The first-order chi connectivity index (χ1) is 8.58. The summed E-state index contributed by atoms with van der Waals surface area (Å²) >= 11 is 3.31. The molecule has 0 aliphatic rings. The molecule has 2 N–H and O–H groups in total. The van der Waals surface area contributed by atoms with Crippen molar-refractivity contribution in [3.63, 3.8) is 0 Å². The van der Waals surface area contributed by atoms with Crippen molar-refractivity contribution in [2.24, 2.45) is 0 Å². The van der Waals surface area contributed by atoms with Gasteiger partial charge in [-0.25, -0.2) is 0 Å². The molecule has 0 unspecified atom stereocenters. The molecule has 0 saturated carbocycles. The molecule has 1 aromatic heterocycles. The second-order valence-electron chi connectivity index (χ2n) is 3.97. The standard InChI is InChI=1S/C13H13BrN2O2/c1-16(8-10-3-2-6-18-10)13(17)11-5-4-9(14)7-12(11)15/h2-7H,8,15H2,1H3. The number of benzene rings is 1. The number of anilines is 1. The number of furan rings is 1. The number of hydrogen-bond acceptors (Lipinski definition) is 3. The lowest BCUT2D eigenvalue weighted by atomic mass is 10.1. The summed E-state index contributed by atoms with van der Waals surface area (Å²) in [6.07, 6.45) is 1.58. The van der Waals surface area contributed by atoms with Crippen molar-refractivity contribution in [2.45, 2.75) is 6.54 Å². The summed E-state index contributed by atoms with van der Waals surface area (Å²) in [5.74, 6) is 0.609. The Bertz CT molecular complexity index is 552. The van der Waals surface area contributed by atoms with Crippen molar-refractivity contribution in [1.82, 2.24) is 4.90 Å². The van der Waals surface area contributed by atoms with E-state index in [1.807, 2.05) is 6.07 Å². The SMILES string of the molecule is CN(Cc1ccco1)C(=O)c1ccc(Br)cc1N. The van der Waals surface area contributed by atoms with Gasteiger partial charge in [0.2, 0.25) is 0 Å². The van der Waals surface area contributed by atoms with E-state index in [1.165, 1.54) is 0 Å². The maximum absolute atomic E-state index is 12.2. The summed E-state index contributed by atoms with van der Waals surface area (Å²) in [7, 11) is 1.71. The van der Waals surface area contributed by atoms with Crippen LogP contribution in [0, 0.1) is 0 Å². The molecule has 4 nitrogen and oxygen atoms in total. The molecule has 0 bridgehead atoms. The van der Waals surface area contributed by atoms with Crippen molar-refractivity contribution in [3.8, 4) is 0 Å². The maximum Gasteiger partial charge on any atom is 0.256 e. The van der Waals surface area contributed by atoms with Crippen LogP contribution in [-0.4, -0.2) is 17.9 Å². The zero-order valence-corrected chi connectivity index (χ0v) is 11.5. The number of halogens is 1. The lowest BCUT2D eigenvalue weighted by Gasteiger charge is -2.17. The second kappa shape index (κ2) is 5.27. The van der Waals surface area contributed by atoms with Crippen LogP contribution in [0.5, 0.6) is 0 Å². The van der Waals surface area contributed by atoms with E-state index in [-0.39, 0.29) is 5.91 Å². The van der Waals surface area contributed by atoms with Crippen LogP contribution < -0.4 is 5.73 Å². The number of rotatable bonds is 3. The summed E-state index contributed by atoms with van der Waals surface area (Å²) in [4.78, 5) is 13.8. The van der Waals surface area contributed by atoms with Gasteiger partial charge in [-0.05, 0) is 30.3 Å². The predicted molar refractivity (Wildman–Crippen MR) is 73.1 cm³/mol. The average Bonchev–Trinajstić information content (AvgIpc) is 2.81. The molecule has 18 heavy (non-hydrogen) atoms. The average molecular weight is 309 g/mol.